The van der Waals surface area contributed by atoms with Gasteiger partial charge in [0.2, 0.25) is 0 Å². The highest BCUT2D eigenvalue weighted by atomic mass is 79.9. The number of nitrogens with zero attached hydrogens (tertiary/aromatic N) is 6. The molecule has 2 aromatic heterocycles. The molecule has 0 unspecified atom stereocenters. The van der Waals surface area contributed by atoms with Crippen molar-refractivity contribution in [2.24, 2.45) is 7.05 Å². The maximum atomic E-state index is 12.1. The zero-order valence-corrected chi connectivity index (χ0v) is 9.52. The average molecular weight is 275 g/mol. The molecule has 0 aliphatic heterocycles. The van der Waals surface area contributed by atoms with Gasteiger partial charge in [-0.3, -0.25) is 0 Å². The summed E-state index contributed by atoms with van der Waals surface area (Å²) in [4.78, 5) is 0. The Bertz CT molecular complexity index is 444. The zero-order chi connectivity index (χ0) is 10.8. The summed E-state index contributed by atoms with van der Waals surface area (Å²) in [5, 5.41) is 15.3. The molecule has 80 valence electrons. The first kappa shape index (κ1) is 10.2. The van der Waals surface area contributed by atoms with Crippen LogP contribution in [-0.2, 0) is 13.6 Å². The first-order valence-electron chi connectivity index (χ1n) is 4.24. The lowest BCUT2D eigenvalue weighted by Gasteiger charge is -1.94. The first-order valence-corrected chi connectivity index (χ1v) is 5.03. The first-order chi connectivity index (χ1) is 7.22. The normalized spacial score (nSPS) is 10.9. The summed E-state index contributed by atoms with van der Waals surface area (Å²) in [5.74, 6) is 0. The van der Waals surface area contributed by atoms with E-state index in [9.17, 15) is 4.39 Å². The van der Waals surface area contributed by atoms with Crippen molar-refractivity contribution in [2.45, 2.75) is 6.54 Å². The van der Waals surface area contributed by atoms with Gasteiger partial charge in [0, 0.05) is 7.05 Å². The summed E-state index contributed by atoms with van der Waals surface area (Å²) in [6.45, 7) is -0.260. The molecule has 0 aliphatic rings. The quantitative estimate of drug-likeness (QED) is 0.831. The molecule has 0 radical (unpaired) electrons. The molecular formula is C7H8BrFN6. The van der Waals surface area contributed by atoms with Gasteiger partial charge < -0.3 is 0 Å². The van der Waals surface area contributed by atoms with Crippen LogP contribution in [0.15, 0.2) is 10.8 Å². The van der Waals surface area contributed by atoms with Gasteiger partial charge in [-0.2, -0.15) is 0 Å². The Hall–Kier alpha value is -1.31. The lowest BCUT2D eigenvalue weighted by molar-refractivity contribution is 0.422. The SMILES string of the molecule is Cn1nnc(Br)c1-c1cn(CCF)nn1. The highest BCUT2D eigenvalue weighted by Crippen LogP contribution is 2.22. The van der Waals surface area contributed by atoms with Gasteiger partial charge in [-0.15, -0.1) is 10.2 Å². The number of halogens is 2. The number of aromatic nitrogens is 6. The predicted octanol–water partition coefficient (Wildman–Crippen LogP) is 0.806. The summed E-state index contributed by atoms with van der Waals surface area (Å²) >= 11 is 3.26. The van der Waals surface area contributed by atoms with Crippen LogP contribution < -0.4 is 0 Å². The van der Waals surface area contributed by atoms with Crippen molar-refractivity contribution in [3.63, 3.8) is 0 Å². The smallest absolute Gasteiger partial charge is 0.158 e. The van der Waals surface area contributed by atoms with E-state index in [1.807, 2.05) is 0 Å². The second-order valence-corrected chi connectivity index (χ2v) is 3.66. The minimum Gasteiger partial charge on any atom is -0.249 e. The van der Waals surface area contributed by atoms with E-state index in [0.717, 1.165) is 5.69 Å². The fourth-order valence-corrected chi connectivity index (χ4v) is 1.74. The number of alkyl halides is 1. The Kier molecular flexibility index (Phi) is 2.76. The molecule has 0 saturated carbocycles. The third-order valence-corrected chi connectivity index (χ3v) is 2.41. The molecule has 2 heterocycles. The van der Waals surface area contributed by atoms with Crippen molar-refractivity contribution in [1.82, 2.24) is 30.0 Å². The van der Waals surface area contributed by atoms with Gasteiger partial charge in [0.05, 0.1) is 12.7 Å². The number of rotatable bonds is 3. The topological polar surface area (TPSA) is 61.4 Å². The van der Waals surface area contributed by atoms with Crippen LogP contribution in [0.3, 0.4) is 0 Å². The molecule has 2 aromatic rings. The molecule has 0 amide bonds. The molecule has 0 bridgehead atoms. The van der Waals surface area contributed by atoms with Crippen LogP contribution in [-0.4, -0.2) is 36.7 Å². The van der Waals surface area contributed by atoms with E-state index in [1.54, 1.807) is 17.9 Å². The highest BCUT2D eigenvalue weighted by Gasteiger charge is 2.13. The summed E-state index contributed by atoms with van der Waals surface area (Å²) in [5.41, 5.74) is 1.34. The molecule has 0 atom stereocenters. The van der Waals surface area contributed by atoms with Crippen LogP contribution in [0.4, 0.5) is 4.39 Å². The molecule has 0 aliphatic carbocycles. The molecule has 0 aromatic carbocycles. The number of aryl methyl sites for hydroxylation is 2. The third kappa shape index (κ3) is 1.89. The second-order valence-electron chi connectivity index (χ2n) is 2.91. The molecule has 2 rings (SSSR count). The minimum atomic E-state index is -0.465. The lowest BCUT2D eigenvalue weighted by atomic mass is 10.3. The molecule has 6 nitrogen and oxygen atoms in total. The summed E-state index contributed by atoms with van der Waals surface area (Å²) in [6.07, 6.45) is 1.66. The maximum Gasteiger partial charge on any atom is 0.158 e. The summed E-state index contributed by atoms with van der Waals surface area (Å²) in [6, 6.07) is 0. The van der Waals surface area contributed by atoms with Gasteiger partial charge in [0.1, 0.15) is 18.1 Å². The van der Waals surface area contributed by atoms with E-state index < -0.39 is 6.67 Å². The Labute approximate surface area is 93.2 Å². The van der Waals surface area contributed by atoms with Gasteiger partial charge in [0.15, 0.2) is 4.60 Å². The van der Waals surface area contributed by atoms with Crippen molar-refractivity contribution < 1.29 is 4.39 Å². The fourth-order valence-electron chi connectivity index (χ4n) is 1.21. The van der Waals surface area contributed by atoms with E-state index in [1.165, 1.54) is 4.68 Å². The molecule has 15 heavy (non-hydrogen) atoms. The van der Waals surface area contributed by atoms with Crippen LogP contribution in [0.5, 0.6) is 0 Å². The van der Waals surface area contributed by atoms with Crippen LogP contribution in [0.1, 0.15) is 0 Å². The molecule has 0 fully saturated rings. The molecular weight excluding hydrogens is 267 g/mol. The van der Waals surface area contributed by atoms with Gasteiger partial charge in [0.25, 0.3) is 0 Å². The summed E-state index contributed by atoms with van der Waals surface area (Å²) in [7, 11) is 1.75. The lowest BCUT2D eigenvalue weighted by Crippen LogP contribution is -1.99. The van der Waals surface area contributed by atoms with Crippen molar-refractivity contribution in [1.29, 1.82) is 0 Å². The monoisotopic (exact) mass is 274 g/mol. The van der Waals surface area contributed by atoms with Crippen molar-refractivity contribution in [3.8, 4) is 11.4 Å². The van der Waals surface area contributed by atoms with Crippen LogP contribution in [0, 0.1) is 0 Å². The largest absolute Gasteiger partial charge is 0.249 e. The Morgan fingerprint density at radius 1 is 1.40 bits per heavy atom. The van der Waals surface area contributed by atoms with Gasteiger partial charge >= 0.3 is 0 Å². The van der Waals surface area contributed by atoms with Crippen molar-refractivity contribution in [3.05, 3.63) is 10.8 Å². The van der Waals surface area contributed by atoms with E-state index in [0.29, 0.717) is 10.3 Å². The van der Waals surface area contributed by atoms with E-state index in [4.69, 9.17) is 0 Å². The standard InChI is InChI=1S/C7H8BrFN6/c1-14-6(7(8)11-12-14)5-4-15(3-2-9)13-10-5/h4H,2-3H2,1H3. The average Bonchev–Trinajstić information content (AvgIpc) is 2.75. The van der Waals surface area contributed by atoms with Gasteiger partial charge in [-0.1, -0.05) is 10.4 Å². The highest BCUT2D eigenvalue weighted by molar-refractivity contribution is 9.10. The Morgan fingerprint density at radius 2 is 2.20 bits per heavy atom. The maximum absolute atomic E-state index is 12.1. The van der Waals surface area contributed by atoms with Gasteiger partial charge in [-0.25, -0.2) is 13.8 Å². The fraction of sp³-hybridized carbons (Fsp3) is 0.429. The predicted molar refractivity (Wildman–Crippen MR) is 53.7 cm³/mol. The third-order valence-electron chi connectivity index (χ3n) is 1.88. The number of hydrogen-bond acceptors (Lipinski definition) is 4. The Balaban J connectivity index is 2.37. The van der Waals surface area contributed by atoms with Crippen LogP contribution >= 0.6 is 15.9 Å². The minimum absolute atomic E-state index is 0.204. The molecule has 0 spiro atoms. The molecule has 8 heteroatoms. The Morgan fingerprint density at radius 3 is 2.80 bits per heavy atom. The van der Waals surface area contributed by atoms with Crippen LogP contribution in [0.2, 0.25) is 0 Å². The van der Waals surface area contributed by atoms with E-state index in [-0.39, 0.29) is 6.54 Å². The van der Waals surface area contributed by atoms with Gasteiger partial charge in [-0.05, 0) is 15.9 Å². The van der Waals surface area contributed by atoms with Crippen molar-refractivity contribution >= 4 is 15.9 Å². The van der Waals surface area contributed by atoms with Crippen molar-refractivity contribution in [2.75, 3.05) is 6.67 Å². The molecule has 0 saturated heterocycles. The number of hydrogen-bond donors (Lipinski definition) is 0. The summed E-state index contributed by atoms with van der Waals surface area (Å²) < 4.78 is 15.7. The molecule has 0 N–H and O–H groups in total. The van der Waals surface area contributed by atoms with E-state index >= 15 is 0 Å². The van der Waals surface area contributed by atoms with Crippen LogP contribution in [0.25, 0.3) is 11.4 Å². The second kappa shape index (κ2) is 4.05. The van der Waals surface area contributed by atoms with E-state index in [2.05, 4.69) is 36.6 Å². The zero-order valence-electron chi connectivity index (χ0n) is 7.93.